The number of fused-ring (bicyclic) bond motifs is 1. The average Bonchev–Trinajstić information content (AvgIpc) is 2.85. The summed E-state index contributed by atoms with van der Waals surface area (Å²) in [6.45, 7) is 0.415. The molecule has 0 bridgehead atoms. The number of carboxylic acid groups (broad SMARTS) is 1. The predicted molar refractivity (Wildman–Crippen MR) is 86.2 cm³/mol. The summed E-state index contributed by atoms with van der Waals surface area (Å²) in [5, 5.41) is 9.64. The molecule has 1 aromatic heterocycles. The van der Waals surface area contributed by atoms with Gasteiger partial charge in [-0.3, -0.25) is 4.79 Å². The number of nitrogens with zero attached hydrogens (tertiary/aromatic N) is 2. The second-order valence-electron chi connectivity index (χ2n) is 5.12. The van der Waals surface area contributed by atoms with Gasteiger partial charge in [-0.15, -0.1) is 0 Å². The zero-order valence-corrected chi connectivity index (χ0v) is 12.6. The Bertz CT molecular complexity index is 809. The summed E-state index contributed by atoms with van der Waals surface area (Å²) < 4.78 is 1.98. The molecule has 4 nitrogen and oxygen atoms in total. The van der Waals surface area contributed by atoms with Gasteiger partial charge in [0.15, 0.2) is 0 Å². The number of aromatic nitrogens is 2. The van der Waals surface area contributed by atoms with E-state index >= 15 is 0 Å². The Balaban J connectivity index is 1.97. The zero-order valence-electron chi connectivity index (χ0n) is 11.9. The molecule has 2 aromatic carbocycles. The minimum Gasteiger partial charge on any atom is -0.481 e. The molecule has 3 rings (SSSR count). The van der Waals surface area contributed by atoms with Crippen LogP contribution in [0.4, 0.5) is 0 Å². The number of hydrogen-bond acceptors (Lipinski definition) is 2. The summed E-state index contributed by atoms with van der Waals surface area (Å²) >= 11 is 5.91. The first kappa shape index (κ1) is 14.6. The Morgan fingerprint density at radius 2 is 1.86 bits per heavy atom. The highest BCUT2D eigenvalue weighted by Crippen LogP contribution is 2.20. The van der Waals surface area contributed by atoms with Crippen LogP contribution in [0, 0.1) is 0 Å². The van der Waals surface area contributed by atoms with E-state index in [9.17, 15) is 4.79 Å². The lowest BCUT2D eigenvalue weighted by atomic mass is 10.1. The van der Waals surface area contributed by atoms with Crippen LogP contribution in [0.1, 0.15) is 17.8 Å². The fourth-order valence-electron chi connectivity index (χ4n) is 2.50. The van der Waals surface area contributed by atoms with E-state index in [0.29, 0.717) is 18.0 Å². The summed E-state index contributed by atoms with van der Waals surface area (Å²) in [4.78, 5) is 15.5. The Hall–Kier alpha value is -2.33. The highest BCUT2D eigenvalue weighted by Gasteiger charge is 2.12. The molecule has 3 aromatic rings. The Morgan fingerprint density at radius 1 is 1.14 bits per heavy atom. The van der Waals surface area contributed by atoms with Gasteiger partial charge in [-0.1, -0.05) is 35.9 Å². The van der Waals surface area contributed by atoms with Crippen LogP contribution >= 0.6 is 11.6 Å². The molecule has 0 unspecified atom stereocenters. The van der Waals surface area contributed by atoms with Crippen LogP contribution in [-0.2, 0) is 17.8 Å². The van der Waals surface area contributed by atoms with Gasteiger partial charge in [0, 0.05) is 18.0 Å². The molecule has 1 heterocycles. The third-order valence-corrected chi connectivity index (χ3v) is 3.81. The molecule has 0 amide bonds. The van der Waals surface area contributed by atoms with Crippen molar-refractivity contribution in [1.82, 2.24) is 9.55 Å². The summed E-state index contributed by atoms with van der Waals surface area (Å²) in [6.07, 6.45) is 0.722. The van der Waals surface area contributed by atoms with E-state index in [-0.39, 0.29) is 6.42 Å². The molecule has 0 atom stereocenters. The Kier molecular flexibility index (Phi) is 4.11. The fraction of sp³-hybridized carbons (Fsp3) is 0.176. The lowest BCUT2D eigenvalue weighted by Gasteiger charge is -2.08. The van der Waals surface area contributed by atoms with Crippen LogP contribution in [0.15, 0.2) is 48.5 Å². The standard InChI is InChI=1S/C17H15ClN2O2/c18-13-7-5-12(6-8-13)11-16-19-14-3-1-2-4-15(14)20(16)10-9-17(21)22/h1-8H,9-11H2,(H,21,22). The predicted octanol–water partition coefficient (Wildman–Crippen LogP) is 3.76. The number of benzene rings is 2. The molecule has 22 heavy (non-hydrogen) atoms. The highest BCUT2D eigenvalue weighted by molar-refractivity contribution is 6.30. The van der Waals surface area contributed by atoms with Crippen molar-refractivity contribution in [3.8, 4) is 0 Å². The molecule has 1 N–H and O–H groups in total. The van der Waals surface area contributed by atoms with Crippen molar-refractivity contribution in [2.45, 2.75) is 19.4 Å². The molecule has 112 valence electrons. The van der Waals surface area contributed by atoms with Gasteiger partial charge in [-0.25, -0.2) is 4.98 Å². The number of carbonyl (C=O) groups is 1. The molecule has 0 spiro atoms. The first-order valence-electron chi connectivity index (χ1n) is 7.04. The van der Waals surface area contributed by atoms with E-state index in [1.165, 1.54) is 0 Å². The minimum absolute atomic E-state index is 0.0774. The van der Waals surface area contributed by atoms with E-state index in [2.05, 4.69) is 4.98 Å². The maximum absolute atomic E-state index is 10.9. The van der Waals surface area contributed by atoms with E-state index in [1.807, 2.05) is 53.1 Å². The van der Waals surface area contributed by atoms with Crippen LogP contribution in [0.5, 0.6) is 0 Å². The largest absolute Gasteiger partial charge is 0.481 e. The first-order valence-corrected chi connectivity index (χ1v) is 7.41. The summed E-state index contributed by atoms with van der Waals surface area (Å²) in [5.74, 6) is 0.0556. The van der Waals surface area contributed by atoms with Gasteiger partial charge in [0.1, 0.15) is 5.82 Å². The topological polar surface area (TPSA) is 55.1 Å². The normalized spacial score (nSPS) is 11.0. The smallest absolute Gasteiger partial charge is 0.305 e. The second kappa shape index (κ2) is 6.20. The van der Waals surface area contributed by atoms with Crippen molar-refractivity contribution >= 4 is 28.6 Å². The molecule has 0 fully saturated rings. The van der Waals surface area contributed by atoms with Gasteiger partial charge in [-0.2, -0.15) is 0 Å². The van der Waals surface area contributed by atoms with Gasteiger partial charge < -0.3 is 9.67 Å². The minimum atomic E-state index is -0.810. The molecular formula is C17H15ClN2O2. The molecule has 0 saturated heterocycles. The molecule has 0 aliphatic rings. The van der Waals surface area contributed by atoms with Crippen molar-refractivity contribution in [2.75, 3.05) is 0 Å². The van der Waals surface area contributed by atoms with E-state index in [1.54, 1.807) is 0 Å². The number of para-hydroxylation sites is 2. The van der Waals surface area contributed by atoms with Crippen molar-refractivity contribution in [3.05, 3.63) is 64.9 Å². The fourth-order valence-corrected chi connectivity index (χ4v) is 2.63. The monoisotopic (exact) mass is 314 g/mol. The lowest BCUT2D eigenvalue weighted by Crippen LogP contribution is -2.08. The highest BCUT2D eigenvalue weighted by atomic mass is 35.5. The summed E-state index contributed by atoms with van der Waals surface area (Å²) in [6, 6.07) is 15.4. The lowest BCUT2D eigenvalue weighted by molar-refractivity contribution is -0.137. The molecule has 0 aliphatic heterocycles. The summed E-state index contributed by atoms with van der Waals surface area (Å²) in [7, 11) is 0. The van der Waals surface area contributed by atoms with Crippen LogP contribution in [0.2, 0.25) is 5.02 Å². The number of halogens is 1. The maximum atomic E-state index is 10.9. The SMILES string of the molecule is O=C(O)CCn1c(Cc2ccc(Cl)cc2)nc2ccccc21. The Labute approximate surface area is 133 Å². The number of aliphatic carboxylic acids is 1. The third kappa shape index (κ3) is 3.12. The van der Waals surface area contributed by atoms with E-state index < -0.39 is 5.97 Å². The van der Waals surface area contributed by atoms with Gasteiger partial charge in [0.05, 0.1) is 17.5 Å². The van der Waals surface area contributed by atoms with Gasteiger partial charge in [-0.05, 0) is 29.8 Å². The van der Waals surface area contributed by atoms with Crippen molar-refractivity contribution < 1.29 is 9.90 Å². The van der Waals surface area contributed by atoms with Gasteiger partial charge in [0.25, 0.3) is 0 Å². The number of rotatable bonds is 5. The van der Waals surface area contributed by atoms with Crippen molar-refractivity contribution in [3.63, 3.8) is 0 Å². The van der Waals surface area contributed by atoms with Crippen LogP contribution in [0.25, 0.3) is 11.0 Å². The second-order valence-corrected chi connectivity index (χ2v) is 5.55. The number of carboxylic acids is 1. The number of imidazole rings is 1. The molecule has 0 radical (unpaired) electrons. The van der Waals surface area contributed by atoms with E-state index in [4.69, 9.17) is 16.7 Å². The first-order chi connectivity index (χ1) is 10.6. The maximum Gasteiger partial charge on any atom is 0.305 e. The third-order valence-electron chi connectivity index (χ3n) is 3.56. The number of hydrogen-bond donors (Lipinski definition) is 1. The van der Waals surface area contributed by atoms with Crippen molar-refractivity contribution in [2.24, 2.45) is 0 Å². The van der Waals surface area contributed by atoms with Crippen LogP contribution in [0.3, 0.4) is 0 Å². The van der Waals surface area contributed by atoms with E-state index in [0.717, 1.165) is 22.4 Å². The average molecular weight is 315 g/mol. The van der Waals surface area contributed by atoms with Crippen LogP contribution in [-0.4, -0.2) is 20.6 Å². The van der Waals surface area contributed by atoms with Gasteiger partial charge >= 0.3 is 5.97 Å². The molecule has 5 heteroatoms. The number of aryl methyl sites for hydroxylation is 1. The zero-order chi connectivity index (χ0) is 15.5. The molecule has 0 saturated carbocycles. The van der Waals surface area contributed by atoms with Gasteiger partial charge in [0.2, 0.25) is 0 Å². The van der Waals surface area contributed by atoms with Crippen LogP contribution < -0.4 is 0 Å². The quantitative estimate of drug-likeness (QED) is 0.780. The molecule has 0 aliphatic carbocycles. The molecular weight excluding hydrogens is 300 g/mol. The van der Waals surface area contributed by atoms with Crippen molar-refractivity contribution in [1.29, 1.82) is 0 Å². The Morgan fingerprint density at radius 3 is 2.59 bits per heavy atom. The summed E-state index contributed by atoms with van der Waals surface area (Å²) in [5.41, 5.74) is 2.95.